The van der Waals surface area contributed by atoms with Crippen molar-refractivity contribution in [2.45, 2.75) is 25.6 Å². The zero-order valence-electron chi connectivity index (χ0n) is 15.8. The van der Waals surface area contributed by atoms with Crippen LogP contribution in [0.5, 0.6) is 17.2 Å². The zero-order chi connectivity index (χ0) is 20.8. The summed E-state index contributed by atoms with van der Waals surface area (Å²) in [6, 6.07) is 9.79. The van der Waals surface area contributed by atoms with Crippen LogP contribution in [-0.2, 0) is 9.47 Å². The van der Waals surface area contributed by atoms with Crippen LogP contribution in [0.25, 0.3) is 0 Å². The lowest BCUT2D eigenvalue weighted by atomic mass is 10.0. The van der Waals surface area contributed by atoms with Gasteiger partial charge in [-0.1, -0.05) is 15.9 Å². The van der Waals surface area contributed by atoms with Gasteiger partial charge < -0.3 is 29.2 Å². The number of aliphatic hydroxyl groups is 1. The van der Waals surface area contributed by atoms with Crippen LogP contribution in [0, 0.1) is 0 Å². The summed E-state index contributed by atoms with van der Waals surface area (Å²) in [5, 5.41) is 22.4. The van der Waals surface area contributed by atoms with Gasteiger partial charge in [-0.25, -0.2) is 4.79 Å². The number of hydrogen-bond acceptors (Lipinski definition) is 7. The first-order chi connectivity index (χ1) is 14.0. The van der Waals surface area contributed by atoms with Gasteiger partial charge in [0.05, 0.1) is 0 Å². The van der Waals surface area contributed by atoms with Crippen molar-refractivity contribution in [2.24, 2.45) is 0 Å². The van der Waals surface area contributed by atoms with Gasteiger partial charge in [-0.3, -0.25) is 5.32 Å². The molecule has 3 N–H and O–H groups in total. The summed E-state index contributed by atoms with van der Waals surface area (Å²) in [6.07, 6.45) is -2.10. The van der Waals surface area contributed by atoms with Gasteiger partial charge in [-0.2, -0.15) is 0 Å². The third kappa shape index (κ3) is 5.31. The van der Waals surface area contributed by atoms with Gasteiger partial charge in [0.2, 0.25) is 6.79 Å². The van der Waals surface area contributed by atoms with Gasteiger partial charge in [0.25, 0.3) is 0 Å². The van der Waals surface area contributed by atoms with E-state index in [1.165, 1.54) is 6.07 Å². The molecule has 2 atom stereocenters. The van der Waals surface area contributed by atoms with Gasteiger partial charge in [0, 0.05) is 41.4 Å². The largest absolute Gasteiger partial charge is 0.508 e. The standard InChI is InChI=1S/C20H22BrNO7/c1-2-26-17(7-8-23)19(14-9-12(21)3-5-15(14)24)29-20(25)22-13-4-6-16-18(10-13)28-11-27-16/h3-6,9-10,17,19,23-24H,2,7-8,11H2,1H3,(H,22,25)/t17-,19-/m1/s1. The number of anilines is 1. The van der Waals surface area contributed by atoms with Gasteiger partial charge in [0.1, 0.15) is 11.9 Å². The molecule has 0 aromatic heterocycles. The van der Waals surface area contributed by atoms with E-state index in [1.54, 1.807) is 37.3 Å². The van der Waals surface area contributed by atoms with Crippen molar-refractivity contribution in [2.75, 3.05) is 25.3 Å². The van der Waals surface area contributed by atoms with Crippen LogP contribution in [0.4, 0.5) is 10.5 Å². The molecule has 1 aliphatic rings. The highest BCUT2D eigenvalue weighted by Crippen LogP contribution is 2.36. The number of ether oxygens (including phenoxy) is 4. The van der Waals surface area contributed by atoms with E-state index in [1.807, 2.05) is 0 Å². The topological polar surface area (TPSA) is 106 Å². The lowest BCUT2D eigenvalue weighted by molar-refractivity contribution is -0.0491. The summed E-state index contributed by atoms with van der Waals surface area (Å²) in [4.78, 5) is 12.6. The number of aromatic hydroxyl groups is 1. The number of halogens is 1. The number of carbonyl (C=O) groups is 1. The Hall–Kier alpha value is -2.49. The van der Waals surface area contributed by atoms with Crippen LogP contribution < -0.4 is 14.8 Å². The average Bonchev–Trinajstić information content (AvgIpc) is 3.16. The number of phenols is 1. The van der Waals surface area contributed by atoms with Crippen LogP contribution in [0.15, 0.2) is 40.9 Å². The molecule has 0 bridgehead atoms. The fraction of sp³-hybridized carbons (Fsp3) is 0.350. The van der Waals surface area contributed by atoms with E-state index in [0.717, 1.165) is 0 Å². The number of aliphatic hydroxyl groups excluding tert-OH is 1. The SMILES string of the molecule is CCO[C@H](CCO)[C@H](OC(=O)Nc1ccc2c(c1)OCO2)c1cc(Br)ccc1O. The Morgan fingerprint density at radius 3 is 2.79 bits per heavy atom. The van der Waals surface area contributed by atoms with Crippen LogP contribution in [0.3, 0.4) is 0 Å². The minimum Gasteiger partial charge on any atom is -0.508 e. The minimum atomic E-state index is -0.936. The summed E-state index contributed by atoms with van der Waals surface area (Å²) < 4.78 is 22.6. The molecule has 0 unspecified atom stereocenters. The molecule has 3 rings (SSSR count). The molecule has 29 heavy (non-hydrogen) atoms. The molecule has 156 valence electrons. The van der Waals surface area contributed by atoms with Crippen molar-refractivity contribution in [1.29, 1.82) is 0 Å². The van der Waals surface area contributed by atoms with Crippen LogP contribution in [-0.4, -0.2) is 42.4 Å². The molecule has 0 saturated carbocycles. The highest BCUT2D eigenvalue weighted by molar-refractivity contribution is 9.10. The van der Waals surface area contributed by atoms with Gasteiger partial charge >= 0.3 is 6.09 Å². The highest BCUT2D eigenvalue weighted by Gasteiger charge is 2.30. The van der Waals surface area contributed by atoms with Crippen molar-refractivity contribution in [3.05, 3.63) is 46.4 Å². The molecule has 0 radical (unpaired) electrons. The molecule has 1 aliphatic heterocycles. The Labute approximate surface area is 176 Å². The van der Waals surface area contributed by atoms with Crippen molar-refractivity contribution in [1.82, 2.24) is 0 Å². The van der Waals surface area contributed by atoms with Crippen molar-refractivity contribution >= 4 is 27.7 Å². The lowest BCUT2D eigenvalue weighted by Gasteiger charge is -2.27. The van der Waals surface area contributed by atoms with Crippen LogP contribution >= 0.6 is 15.9 Å². The van der Waals surface area contributed by atoms with E-state index >= 15 is 0 Å². The number of benzene rings is 2. The first kappa shape index (κ1) is 21.2. The van der Waals surface area contributed by atoms with E-state index in [0.29, 0.717) is 33.8 Å². The quantitative estimate of drug-likeness (QED) is 0.539. The fourth-order valence-electron chi connectivity index (χ4n) is 2.99. The molecule has 2 aromatic carbocycles. The van der Waals surface area contributed by atoms with Crippen molar-refractivity contribution in [3.63, 3.8) is 0 Å². The van der Waals surface area contributed by atoms with E-state index < -0.39 is 18.3 Å². The number of fused-ring (bicyclic) bond motifs is 1. The van der Waals surface area contributed by atoms with Gasteiger partial charge in [0.15, 0.2) is 17.6 Å². The van der Waals surface area contributed by atoms with E-state index in [9.17, 15) is 15.0 Å². The third-order valence-electron chi connectivity index (χ3n) is 4.28. The molecule has 0 spiro atoms. The maximum atomic E-state index is 12.6. The van der Waals surface area contributed by atoms with Gasteiger partial charge in [-0.05, 0) is 37.3 Å². The molecule has 1 amide bonds. The molecular weight excluding hydrogens is 446 g/mol. The third-order valence-corrected chi connectivity index (χ3v) is 4.77. The molecule has 0 fully saturated rings. The maximum absolute atomic E-state index is 12.6. The second-order valence-corrected chi connectivity index (χ2v) is 7.14. The Morgan fingerprint density at radius 1 is 1.24 bits per heavy atom. The maximum Gasteiger partial charge on any atom is 0.412 e. The number of hydrogen-bond donors (Lipinski definition) is 3. The average molecular weight is 468 g/mol. The number of nitrogens with one attached hydrogen (secondary N) is 1. The molecule has 1 heterocycles. The number of carbonyl (C=O) groups excluding carboxylic acids is 1. The van der Waals surface area contributed by atoms with Crippen LogP contribution in [0.1, 0.15) is 25.0 Å². The van der Waals surface area contributed by atoms with Gasteiger partial charge in [-0.15, -0.1) is 0 Å². The Kier molecular flexibility index (Phi) is 7.18. The molecule has 0 saturated heterocycles. The van der Waals surface area contributed by atoms with E-state index in [4.69, 9.17) is 18.9 Å². The monoisotopic (exact) mass is 467 g/mol. The fourth-order valence-corrected chi connectivity index (χ4v) is 3.37. The zero-order valence-corrected chi connectivity index (χ0v) is 17.3. The Bertz CT molecular complexity index is 855. The summed E-state index contributed by atoms with van der Waals surface area (Å²) in [5.41, 5.74) is 0.832. The van der Waals surface area contributed by atoms with E-state index in [-0.39, 0.29) is 25.6 Å². The molecule has 9 heteroatoms. The molecular formula is C20H22BrNO7. The summed E-state index contributed by atoms with van der Waals surface area (Å²) in [6.45, 7) is 2.12. The Morgan fingerprint density at radius 2 is 2.03 bits per heavy atom. The second-order valence-electron chi connectivity index (χ2n) is 6.23. The highest BCUT2D eigenvalue weighted by atomic mass is 79.9. The predicted molar refractivity (Wildman–Crippen MR) is 108 cm³/mol. The summed E-state index contributed by atoms with van der Waals surface area (Å²) in [7, 11) is 0. The van der Waals surface area contributed by atoms with Crippen molar-refractivity contribution in [3.8, 4) is 17.2 Å². The van der Waals surface area contributed by atoms with Crippen LogP contribution in [0.2, 0.25) is 0 Å². The van der Waals surface area contributed by atoms with E-state index in [2.05, 4.69) is 21.2 Å². The van der Waals surface area contributed by atoms with Crippen molar-refractivity contribution < 1.29 is 34.0 Å². The Balaban J connectivity index is 1.81. The molecule has 2 aromatic rings. The number of phenolic OH excluding ortho intramolecular Hbond substituents is 1. The first-order valence-corrected chi connectivity index (χ1v) is 9.89. The minimum absolute atomic E-state index is 0.0447. The smallest absolute Gasteiger partial charge is 0.412 e. The molecule has 8 nitrogen and oxygen atoms in total. The lowest BCUT2D eigenvalue weighted by Crippen LogP contribution is -2.29. The summed E-state index contributed by atoms with van der Waals surface area (Å²) in [5.74, 6) is 1.08. The second kappa shape index (κ2) is 9.82. The number of amides is 1. The summed E-state index contributed by atoms with van der Waals surface area (Å²) >= 11 is 3.36. The number of rotatable bonds is 8. The molecule has 0 aliphatic carbocycles. The first-order valence-electron chi connectivity index (χ1n) is 9.10. The normalized spacial score (nSPS) is 14.3. The predicted octanol–water partition coefficient (Wildman–Crippen LogP) is 3.96.